The number of hydrogen-bond donors (Lipinski definition) is 5. The number of carboxylic acids is 1. The van der Waals surface area contributed by atoms with Gasteiger partial charge in [-0.2, -0.15) is 0 Å². The van der Waals surface area contributed by atoms with E-state index in [9.17, 15) is 45.8 Å². The van der Waals surface area contributed by atoms with Crippen LogP contribution in [0.4, 0.5) is 59.2 Å². The molecule has 12 rings (SSSR count). The molecular weight excluding hydrogens is 1550 g/mol. The van der Waals surface area contributed by atoms with Crippen molar-refractivity contribution in [3.05, 3.63) is 209 Å². The summed E-state index contributed by atoms with van der Waals surface area (Å²) in [6.07, 6.45) is 7.82. The van der Waals surface area contributed by atoms with Crippen LogP contribution < -0.4 is 21.3 Å². The summed E-state index contributed by atoms with van der Waals surface area (Å²) in [5.41, 5.74) is -0.781. The highest BCUT2D eigenvalue weighted by Gasteiger charge is 2.49. The lowest BCUT2D eigenvalue weighted by atomic mass is 9.71. The lowest BCUT2D eigenvalue weighted by molar-refractivity contribution is -0.158. The number of methoxy groups -OCH3 is 2. The van der Waals surface area contributed by atoms with Crippen molar-refractivity contribution in [1.29, 1.82) is 0 Å². The number of carbonyl (C=O) groups is 3. The van der Waals surface area contributed by atoms with Crippen LogP contribution in [0.5, 0.6) is 0 Å². The summed E-state index contributed by atoms with van der Waals surface area (Å²) < 4.78 is 96.5. The number of pyridine rings is 3. The number of carbonyl (C=O) groups excluding carboxylic acids is 2. The molecule has 0 saturated carbocycles. The van der Waals surface area contributed by atoms with Crippen molar-refractivity contribution < 1.29 is 55.3 Å². The molecule has 3 aromatic carbocycles. The molecule has 9 aromatic rings. The number of likely N-dealkylation sites (tertiary alicyclic amines) is 2. The Kier molecular flexibility index (Phi) is 28.7. The number of aliphatic carboxylic acids is 1. The minimum atomic E-state index is -1.18. The van der Waals surface area contributed by atoms with Crippen LogP contribution in [0.25, 0.3) is 0 Å². The first-order valence-electron chi connectivity index (χ1n) is 33.7. The monoisotopic (exact) mass is 1630 g/mol. The second-order valence-corrected chi connectivity index (χ2v) is 31.5. The van der Waals surface area contributed by atoms with Crippen LogP contribution in [-0.2, 0) is 43.1 Å². The first-order valence-corrected chi connectivity index (χ1v) is 38.3. The number of alkyl halides is 1. The number of rotatable bonds is 20. The van der Waals surface area contributed by atoms with Gasteiger partial charge in [0.15, 0.2) is 15.4 Å². The number of piperidine rings is 3. The summed E-state index contributed by atoms with van der Waals surface area (Å²) in [7, 11) is 2.72. The molecule has 560 valence electrons. The van der Waals surface area contributed by atoms with Gasteiger partial charge in [-0.3, -0.25) is 24.2 Å². The van der Waals surface area contributed by atoms with Crippen LogP contribution in [0.15, 0.2) is 126 Å². The van der Waals surface area contributed by atoms with Gasteiger partial charge in [-0.05, 0) is 141 Å². The number of ether oxygens (including phenoxy) is 2. The van der Waals surface area contributed by atoms with Gasteiger partial charge in [-0.1, -0.05) is 87.1 Å². The quantitative estimate of drug-likeness (QED) is 0.0272. The van der Waals surface area contributed by atoms with Gasteiger partial charge < -0.3 is 35.8 Å². The third-order valence-electron chi connectivity index (χ3n) is 19.2. The Labute approximate surface area is 641 Å². The van der Waals surface area contributed by atoms with Crippen molar-refractivity contribution in [2.24, 2.45) is 16.2 Å². The third kappa shape index (κ3) is 20.5. The number of hydrogen-bond acceptors (Lipinski definition) is 20. The summed E-state index contributed by atoms with van der Waals surface area (Å²) in [5, 5.41) is 30.4. The normalized spacial score (nSPS) is 21.1. The van der Waals surface area contributed by atoms with Crippen LogP contribution in [-0.4, -0.2) is 115 Å². The van der Waals surface area contributed by atoms with Crippen LogP contribution in [0.3, 0.4) is 0 Å². The maximum Gasteiger partial charge on any atom is 0.312 e. The summed E-state index contributed by atoms with van der Waals surface area (Å²) in [6, 6.07) is 22.8. The number of benzene rings is 3. The topological polar surface area (TPSA) is 222 Å². The number of nitrogens with zero attached hydrogens (tertiary/aromatic N) is 8. The lowest BCUT2D eigenvalue weighted by Gasteiger charge is -2.46. The Morgan fingerprint density at radius 2 is 0.905 bits per heavy atom. The van der Waals surface area contributed by atoms with Crippen molar-refractivity contribution in [2.45, 2.75) is 134 Å². The highest BCUT2D eigenvalue weighted by molar-refractivity contribution is 9.09. The minimum Gasteiger partial charge on any atom is -0.481 e. The van der Waals surface area contributed by atoms with Gasteiger partial charge in [0.05, 0.1) is 62.6 Å². The highest BCUT2D eigenvalue weighted by atomic mass is 79.9. The number of nitrogens with one attached hydrogen (secondary N) is 4. The maximum atomic E-state index is 14.8. The largest absolute Gasteiger partial charge is 0.481 e. The molecule has 0 bridgehead atoms. The van der Waals surface area contributed by atoms with E-state index >= 15 is 0 Å². The average molecular weight is 1630 g/mol. The maximum absolute atomic E-state index is 14.8. The summed E-state index contributed by atoms with van der Waals surface area (Å²) in [4.78, 5) is 67.8. The fraction of sp³-hybridized carbons (Fsp3) is 0.392. The Bertz CT molecular complexity index is 4420. The number of halogens is 10. The van der Waals surface area contributed by atoms with Crippen molar-refractivity contribution in [2.75, 3.05) is 49.8 Å². The number of aromatic nitrogens is 6. The Morgan fingerprint density at radius 3 is 1.24 bits per heavy atom. The molecule has 3 saturated heterocycles. The molecule has 18 nitrogen and oxygen atoms in total. The first kappa shape index (κ1) is 81.7. The molecule has 3 aliphatic heterocycles. The van der Waals surface area contributed by atoms with Gasteiger partial charge in [-0.15, -0.1) is 34.0 Å². The second-order valence-electron chi connectivity index (χ2n) is 26.2. The SMILES string of the molecule is CC(Br)c1cccc(Cl)c1F.CC1CC(Cc2nc(Nc3nccs3)ccc2F)(C(=O)O)CCN1C(C)c1cccc(Cl)c1F.COC(=O)C1(Cc2nc(Nc3nccs3)ccc2F)CCN(C(C)c2cccc(Cl)c2F)C(C)C1.COC(=O)C1(Cc2nc(Nc3nccs3)ccc2F)CCNC(C)C1. The number of carboxylic acid groups (broad SMARTS) is 1. The summed E-state index contributed by atoms with van der Waals surface area (Å²) >= 11 is 25.0. The second kappa shape index (κ2) is 37.0. The zero-order valence-corrected chi connectivity index (χ0v) is 64.9. The lowest BCUT2D eigenvalue weighted by Crippen LogP contribution is -2.51. The molecule has 0 amide bonds. The van der Waals surface area contributed by atoms with E-state index in [1.807, 2.05) is 52.3 Å². The van der Waals surface area contributed by atoms with Crippen molar-refractivity contribution in [1.82, 2.24) is 45.0 Å². The van der Waals surface area contributed by atoms with Crippen molar-refractivity contribution in [3.8, 4) is 0 Å². The molecule has 3 aliphatic rings. The molecular formula is C74H80BrCl3F6N12O6S3. The van der Waals surface area contributed by atoms with E-state index in [1.165, 1.54) is 96.8 Å². The molecule has 5 N–H and O–H groups in total. The average Bonchev–Trinajstić information content (AvgIpc) is 1.27. The molecule has 0 spiro atoms. The van der Waals surface area contributed by atoms with E-state index < -0.39 is 57.3 Å². The predicted molar refractivity (Wildman–Crippen MR) is 405 cm³/mol. The summed E-state index contributed by atoms with van der Waals surface area (Å²) in [5.74, 6) is -3.01. The van der Waals surface area contributed by atoms with E-state index in [2.05, 4.69) is 76.9 Å². The van der Waals surface area contributed by atoms with Crippen molar-refractivity contribution >= 4 is 135 Å². The third-order valence-corrected chi connectivity index (χ3v) is 22.7. The molecule has 9 atom stereocenters. The molecule has 0 radical (unpaired) electrons. The molecule has 31 heteroatoms. The molecule has 3 fully saturated rings. The van der Waals surface area contributed by atoms with Gasteiger partial charge in [0.25, 0.3) is 0 Å². The zero-order chi connectivity index (χ0) is 75.9. The first-order chi connectivity index (χ1) is 50.1. The van der Waals surface area contributed by atoms with E-state index in [0.717, 1.165) is 0 Å². The standard InChI is InChI=1S/C25H27ClF2N4O2S.C24H25ClF2N4O2S.C17H21FN4O2S.C8H7BrClF/c1-15-13-25(23(33)34-3,9-11-32(15)16(2)17-5-4-6-18(26)22(17)28)14-20-19(27)7-8-21(30-20)31-24-29-10-12-35-24;1-14-12-24(22(32)33,8-10-31(14)15(2)16-4-3-5-17(25)21(16)27)13-19-18(26)6-7-20(29-19)30-23-28-9-11-34-23;1-11-9-17(5-6-19-11,15(23)24-2)10-13-12(18)3-4-14(21-13)22-16-20-7-8-25-16;1-5(9)6-3-2-4-7(10)8(6)11/h4-8,10,12,15-16H,9,11,13-14H2,1-3H3,(H,29,30,31);3-7,9,11,14-15H,8,10,12-13H2,1-2H3,(H,32,33)(H,28,29,30);3-4,7-8,11,19H,5-6,9-10H2,1-2H3,(H,20,21,22);2-5H,1H3. The number of thiazole rings is 3. The van der Waals surface area contributed by atoms with Gasteiger partial charge in [-0.25, -0.2) is 56.2 Å². The van der Waals surface area contributed by atoms with E-state index in [0.29, 0.717) is 94.9 Å². The van der Waals surface area contributed by atoms with E-state index in [1.54, 1.807) is 66.4 Å². The van der Waals surface area contributed by atoms with Crippen LogP contribution in [0.2, 0.25) is 15.1 Å². The minimum absolute atomic E-state index is 0.00111. The molecule has 6 aromatic heterocycles. The number of anilines is 6. The highest BCUT2D eigenvalue weighted by Crippen LogP contribution is 2.46. The van der Waals surface area contributed by atoms with Gasteiger partial charge in [0.1, 0.15) is 52.4 Å². The zero-order valence-electron chi connectivity index (χ0n) is 58.6. The van der Waals surface area contributed by atoms with Crippen molar-refractivity contribution in [3.63, 3.8) is 0 Å². The van der Waals surface area contributed by atoms with Crippen LogP contribution in [0.1, 0.15) is 131 Å². The number of esters is 2. The van der Waals surface area contributed by atoms with Crippen LogP contribution in [0, 0.1) is 51.1 Å². The van der Waals surface area contributed by atoms with Gasteiger partial charge in [0, 0.05) is 119 Å². The van der Waals surface area contributed by atoms with E-state index in [4.69, 9.17) is 44.3 Å². The molecule has 9 heterocycles. The fourth-order valence-electron chi connectivity index (χ4n) is 13.9. The van der Waals surface area contributed by atoms with Crippen LogP contribution >= 0.6 is 84.7 Å². The van der Waals surface area contributed by atoms with Gasteiger partial charge in [0.2, 0.25) is 0 Å². The van der Waals surface area contributed by atoms with Gasteiger partial charge >= 0.3 is 17.9 Å². The Hall–Kier alpha value is -7.38. The predicted octanol–water partition coefficient (Wildman–Crippen LogP) is 19.1. The molecule has 9 unspecified atom stereocenters. The van der Waals surface area contributed by atoms with E-state index in [-0.39, 0.29) is 111 Å². The fourth-order valence-corrected chi connectivity index (χ4v) is 16.4. The smallest absolute Gasteiger partial charge is 0.312 e. The Balaban J connectivity index is 0.000000172. The molecule has 105 heavy (non-hydrogen) atoms. The Morgan fingerprint density at radius 1 is 0.552 bits per heavy atom. The molecule has 0 aliphatic carbocycles. The summed E-state index contributed by atoms with van der Waals surface area (Å²) in [6.45, 7) is 13.2.